The zero-order chi connectivity index (χ0) is 40.8. The summed E-state index contributed by atoms with van der Waals surface area (Å²) in [4.78, 5) is 69.6. The van der Waals surface area contributed by atoms with E-state index in [0.29, 0.717) is 24.8 Å². The maximum Gasteiger partial charge on any atom is 0.411 e. The number of pyridine rings is 1. The number of nitrogens with zero attached hydrogens (tertiary/aromatic N) is 3. The summed E-state index contributed by atoms with van der Waals surface area (Å²) in [6, 6.07) is 0.328. The number of fused-ring (bicyclic) bond motifs is 6. The first-order chi connectivity index (χ1) is 27.1. The van der Waals surface area contributed by atoms with Gasteiger partial charge < -0.3 is 38.8 Å². The summed E-state index contributed by atoms with van der Waals surface area (Å²) in [5.74, 6) is -2.77. The number of halogens is 2. The summed E-state index contributed by atoms with van der Waals surface area (Å²) in [5, 5.41) is 23.8. The van der Waals surface area contributed by atoms with Crippen LogP contribution in [0.25, 0.3) is 10.9 Å². The minimum atomic E-state index is -1.89. The summed E-state index contributed by atoms with van der Waals surface area (Å²) >= 11 is 5.58. The Kier molecular flexibility index (Phi) is 9.87. The van der Waals surface area contributed by atoms with Crippen molar-refractivity contribution in [2.45, 2.75) is 89.5 Å². The monoisotopic (exact) mass is 809 g/mol. The molecule has 2 heterocycles. The Hall–Kier alpha value is -4.27. The van der Waals surface area contributed by atoms with E-state index < -0.39 is 58.2 Å². The van der Waals surface area contributed by atoms with E-state index in [1.165, 1.54) is 18.2 Å². The van der Waals surface area contributed by atoms with Crippen molar-refractivity contribution >= 4 is 51.8 Å². The second-order valence-electron chi connectivity index (χ2n) is 17.3. The summed E-state index contributed by atoms with van der Waals surface area (Å²) < 4.78 is 34.2. The average Bonchev–Trinajstić information content (AvgIpc) is 3.98. The SMILES string of the molecule is COc1c(N2CCN(C(=O)OCCl)C(C)C2)c(F)cc2c(=O)c(C(=O)OCC(=O)[C@@]3(O)CC[C@H]4[C@@H]5CCC6=CC(=O)C=C[C@]6(C)[C@H]5[C@@H](O)C[C@@]43C)cn(C3CC3)c12. The van der Waals surface area contributed by atoms with Crippen LogP contribution in [0.1, 0.15) is 82.1 Å². The van der Waals surface area contributed by atoms with Gasteiger partial charge in [-0.25, -0.2) is 14.0 Å². The van der Waals surface area contributed by atoms with Gasteiger partial charge in [0.2, 0.25) is 11.2 Å². The minimum absolute atomic E-state index is 0.00702. The van der Waals surface area contributed by atoms with Crippen LogP contribution in [-0.4, -0.2) is 100 Å². The predicted octanol–water partition coefficient (Wildman–Crippen LogP) is 5.06. The molecule has 4 saturated carbocycles. The molecule has 15 heteroatoms. The van der Waals surface area contributed by atoms with Crippen LogP contribution >= 0.6 is 11.6 Å². The van der Waals surface area contributed by atoms with Gasteiger partial charge in [-0.2, -0.15) is 0 Å². The van der Waals surface area contributed by atoms with Crippen molar-refractivity contribution in [3.05, 3.63) is 57.7 Å². The van der Waals surface area contributed by atoms with Gasteiger partial charge in [0.25, 0.3) is 0 Å². The fourth-order valence-corrected chi connectivity index (χ4v) is 11.5. The fraction of sp³-hybridized carbons (Fsp3) is 0.595. The molecule has 57 heavy (non-hydrogen) atoms. The standard InChI is InChI=1S/C42H49ClFN3O10/c1-22-18-45(13-14-46(22)39(53)57-21-43)35-30(44)16-27-34(37(35)55-4)47(24-6-7-24)19-28(36(27)51)38(52)56-20-32(50)42(54)12-10-29-26-8-5-23-15-25(48)9-11-40(23,2)33(26)31(49)17-41(29,42)3/h9,11,15-16,19,22,24,26,29,31,33,49,54H,5-8,10,12-14,17-18,20-21H2,1-4H3/t22?,26-,29-,31-,33+,40-,41-,42-/m0/s1. The molecule has 0 radical (unpaired) electrons. The molecule has 1 aliphatic heterocycles. The Morgan fingerprint density at radius 2 is 1.84 bits per heavy atom. The van der Waals surface area contributed by atoms with Gasteiger partial charge in [0, 0.05) is 54.7 Å². The van der Waals surface area contributed by atoms with Crippen LogP contribution in [0, 0.1) is 34.4 Å². The number of amides is 1. The highest BCUT2D eigenvalue weighted by molar-refractivity contribution is 6.17. The molecule has 2 N–H and O–H groups in total. The van der Waals surface area contributed by atoms with Gasteiger partial charge in [0.15, 0.2) is 30.0 Å². The number of carbonyl (C=O) groups is 4. The van der Waals surface area contributed by atoms with Crippen LogP contribution in [-0.2, 0) is 19.1 Å². The van der Waals surface area contributed by atoms with Crippen molar-refractivity contribution in [1.29, 1.82) is 0 Å². The lowest BCUT2D eigenvalue weighted by Gasteiger charge is -2.59. The number of methoxy groups -OCH3 is 1. The largest absolute Gasteiger partial charge is 0.492 e. The fourth-order valence-electron chi connectivity index (χ4n) is 11.4. The highest BCUT2D eigenvalue weighted by atomic mass is 35.5. The number of aromatic nitrogens is 1. The van der Waals surface area contributed by atoms with Crippen LogP contribution in [0.5, 0.6) is 5.75 Å². The van der Waals surface area contributed by atoms with Gasteiger partial charge in [0.1, 0.15) is 16.9 Å². The lowest BCUT2D eigenvalue weighted by atomic mass is 9.46. The second-order valence-corrected chi connectivity index (χ2v) is 17.5. The molecule has 306 valence electrons. The molecular formula is C42H49ClFN3O10. The smallest absolute Gasteiger partial charge is 0.411 e. The first kappa shape index (κ1) is 39.6. The number of Topliss-reactive ketones (excluding diaryl/α,β-unsaturated/α-hetero) is 1. The number of carbonyl (C=O) groups excluding carboxylic acids is 4. The number of benzene rings is 1. The van der Waals surface area contributed by atoms with Crippen LogP contribution < -0.4 is 15.1 Å². The molecule has 2 aromatic rings. The summed E-state index contributed by atoms with van der Waals surface area (Å²) in [7, 11) is 1.38. The lowest BCUT2D eigenvalue weighted by molar-refractivity contribution is -0.178. The van der Waals surface area contributed by atoms with Gasteiger partial charge in [0.05, 0.1) is 24.1 Å². The van der Waals surface area contributed by atoms with E-state index in [0.717, 1.165) is 24.5 Å². The number of ketones is 2. The number of piperazine rings is 1. The van der Waals surface area contributed by atoms with Crippen molar-refractivity contribution in [3.63, 3.8) is 0 Å². The van der Waals surface area contributed by atoms with E-state index in [9.17, 15) is 34.2 Å². The Bertz CT molecular complexity index is 2190. The highest BCUT2D eigenvalue weighted by Gasteiger charge is 2.68. The Morgan fingerprint density at radius 1 is 1.09 bits per heavy atom. The maximum absolute atomic E-state index is 16.2. The van der Waals surface area contributed by atoms with Gasteiger partial charge in [-0.1, -0.05) is 37.1 Å². The molecule has 8 rings (SSSR count). The van der Waals surface area contributed by atoms with E-state index in [1.54, 1.807) is 28.5 Å². The van der Waals surface area contributed by atoms with E-state index in [1.807, 2.05) is 13.0 Å². The topological polar surface area (TPSA) is 165 Å². The number of anilines is 1. The molecule has 6 aliphatic rings. The number of esters is 1. The normalized spacial score (nSPS) is 33.3. The van der Waals surface area contributed by atoms with Gasteiger partial charge in [-0.15, -0.1) is 0 Å². The molecule has 1 unspecified atom stereocenters. The molecule has 0 bridgehead atoms. The zero-order valence-electron chi connectivity index (χ0n) is 32.6. The molecule has 8 atom stereocenters. The number of rotatable bonds is 8. The van der Waals surface area contributed by atoms with Crippen LogP contribution in [0.2, 0.25) is 0 Å². The zero-order valence-corrected chi connectivity index (χ0v) is 33.4. The lowest BCUT2D eigenvalue weighted by Crippen LogP contribution is -2.61. The van der Waals surface area contributed by atoms with Crippen molar-refractivity contribution in [2.24, 2.45) is 28.6 Å². The van der Waals surface area contributed by atoms with Crippen LogP contribution in [0.3, 0.4) is 0 Å². The van der Waals surface area contributed by atoms with Crippen molar-refractivity contribution in [3.8, 4) is 5.75 Å². The van der Waals surface area contributed by atoms with Gasteiger partial charge >= 0.3 is 12.1 Å². The molecule has 5 fully saturated rings. The number of alkyl halides is 1. The third-order valence-electron chi connectivity index (χ3n) is 14.4. The number of ether oxygens (including phenoxy) is 3. The minimum Gasteiger partial charge on any atom is -0.492 e. The van der Waals surface area contributed by atoms with E-state index >= 15 is 4.39 Å². The quantitative estimate of drug-likeness (QED) is 0.271. The molecule has 1 saturated heterocycles. The van der Waals surface area contributed by atoms with Crippen LogP contribution in [0.15, 0.2) is 40.9 Å². The molecule has 1 amide bonds. The third-order valence-corrected chi connectivity index (χ3v) is 14.5. The summed E-state index contributed by atoms with van der Waals surface area (Å²) in [6.07, 6.45) is 8.79. The molecule has 0 spiro atoms. The summed E-state index contributed by atoms with van der Waals surface area (Å²) in [5.41, 5.74) is -3.14. The predicted molar refractivity (Wildman–Crippen MR) is 207 cm³/mol. The molecule has 1 aromatic heterocycles. The van der Waals surface area contributed by atoms with Crippen molar-refractivity contribution in [1.82, 2.24) is 9.47 Å². The third kappa shape index (κ3) is 6.11. The van der Waals surface area contributed by atoms with Gasteiger partial charge in [-0.3, -0.25) is 14.4 Å². The average molecular weight is 810 g/mol. The van der Waals surface area contributed by atoms with E-state index in [4.69, 9.17) is 25.8 Å². The molecule has 13 nitrogen and oxygen atoms in total. The van der Waals surface area contributed by atoms with Crippen molar-refractivity contribution in [2.75, 3.05) is 44.3 Å². The van der Waals surface area contributed by atoms with E-state index in [2.05, 4.69) is 6.92 Å². The summed E-state index contributed by atoms with van der Waals surface area (Å²) in [6.45, 7) is 5.61. The number of aliphatic hydroxyl groups is 2. The first-order valence-corrected chi connectivity index (χ1v) is 20.4. The van der Waals surface area contributed by atoms with Crippen LogP contribution in [0.4, 0.5) is 14.9 Å². The number of allylic oxidation sites excluding steroid dienone is 4. The second kappa shape index (κ2) is 14.2. The number of hydrogen-bond acceptors (Lipinski definition) is 11. The Balaban J connectivity index is 1.04. The first-order valence-electron chi connectivity index (χ1n) is 19.8. The van der Waals surface area contributed by atoms with Gasteiger partial charge in [-0.05, 0) is 81.9 Å². The highest BCUT2D eigenvalue weighted by Crippen LogP contribution is 2.67. The molecular weight excluding hydrogens is 761 g/mol. The van der Waals surface area contributed by atoms with E-state index in [-0.39, 0.29) is 96.5 Å². The molecule has 1 aromatic carbocycles. The Labute approximate surface area is 334 Å². The number of hydrogen-bond donors (Lipinski definition) is 2. The maximum atomic E-state index is 16.2. The van der Waals surface area contributed by atoms with Crippen molar-refractivity contribution < 1.29 is 48.0 Å². The number of aliphatic hydroxyl groups excluding tert-OH is 1. The molecule has 5 aliphatic carbocycles. The Morgan fingerprint density at radius 3 is 2.53 bits per heavy atom.